The van der Waals surface area contributed by atoms with Gasteiger partial charge in [0, 0.05) is 32.0 Å². The molecule has 0 saturated heterocycles. The summed E-state index contributed by atoms with van der Waals surface area (Å²) in [6, 6.07) is 3.59. The maximum atomic E-state index is 12.3. The van der Waals surface area contributed by atoms with Crippen molar-refractivity contribution in [3.63, 3.8) is 0 Å². The highest BCUT2D eigenvalue weighted by Gasteiger charge is 2.14. The Balaban J connectivity index is 2.07. The van der Waals surface area contributed by atoms with Crippen LogP contribution in [0, 0.1) is 0 Å². The molecule has 0 aliphatic rings. The van der Waals surface area contributed by atoms with Crippen molar-refractivity contribution in [2.24, 2.45) is 7.05 Å². The second-order valence-corrected chi connectivity index (χ2v) is 4.62. The molecule has 21 heavy (non-hydrogen) atoms. The van der Waals surface area contributed by atoms with Crippen molar-refractivity contribution in [1.29, 1.82) is 0 Å². The van der Waals surface area contributed by atoms with E-state index < -0.39 is 0 Å². The first-order valence-corrected chi connectivity index (χ1v) is 6.97. The molecular formula is C14H20N6O. The molecule has 2 heterocycles. The Labute approximate surface area is 124 Å². The third-order valence-electron chi connectivity index (χ3n) is 3.29. The molecule has 0 unspecified atom stereocenters. The summed E-state index contributed by atoms with van der Waals surface area (Å²) in [5, 5.41) is 11.1. The predicted octanol–water partition coefficient (Wildman–Crippen LogP) is 1.30. The number of pyridine rings is 1. The molecule has 0 atom stereocenters. The Morgan fingerprint density at radius 1 is 1.38 bits per heavy atom. The SMILES string of the molecule is CCN(CC)C(=O)c1cc(NCc2nncn2C)ccn1. The van der Waals surface area contributed by atoms with Gasteiger partial charge in [-0.15, -0.1) is 10.2 Å². The van der Waals surface area contributed by atoms with E-state index in [2.05, 4.69) is 20.5 Å². The molecule has 1 N–H and O–H groups in total. The zero-order chi connectivity index (χ0) is 15.2. The molecule has 0 fully saturated rings. The zero-order valence-corrected chi connectivity index (χ0v) is 12.6. The van der Waals surface area contributed by atoms with E-state index in [0.717, 1.165) is 11.5 Å². The number of anilines is 1. The van der Waals surface area contributed by atoms with E-state index in [4.69, 9.17) is 0 Å². The van der Waals surface area contributed by atoms with Crippen LogP contribution in [0.25, 0.3) is 0 Å². The number of aromatic nitrogens is 4. The van der Waals surface area contributed by atoms with E-state index in [1.165, 1.54) is 0 Å². The lowest BCUT2D eigenvalue weighted by Crippen LogP contribution is -2.31. The number of nitrogens with zero attached hydrogens (tertiary/aromatic N) is 5. The van der Waals surface area contributed by atoms with Crippen molar-refractivity contribution in [2.45, 2.75) is 20.4 Å². The van der Waals surface area contributed by atoms with Crippen molar-refractivity contribution < 1.29 is 4.79 Å². The molecule has 0 aliphatic heterocycles. The largest absolute Gasteiger partial charge is 0.378 e. The van der Waals surface area contributed by atoms with Crippen LogP contribution in [-0.4, -0.2) is 43.6 Å². The summed E-state index contributed by atoms with van der Waals surface area (Å²) in [7, 11) is 1.89. The molecule has 0 aromatic carbocycles. The quantitative estimate of drug-likeness (QED) is 0.867. The van der Waals surface area contributed by atoms with Gasteiger partial charge in [0.2, 0.25) is 0 Å². The van der Waals surface area contributed by atoms with Gasteiger partial charge in [0.15, 0.2) is 5.82 Å². The first kappa shape index (κ1) is 15.0. The van der Waals surface area contributed by atoms with Gasteiger partial charge >= 0.3 is 0 Å². The van der Waals surface area contributed by atoms with Gasteiger partial charge in [0.05, 0.1) is 6.54 Å². The van der Waals surface area contributed by atoms with Crippen LogP contribution in [0.1, 0.15) is 30.2 Å². The van der Waals surface area contributed by atoms with Crippen LogP contribution in [0.4, 0.5) is 5.69 Å². The van der Waals surface area contributed by atoms with Crippen molar-refractivity contribution in [2.75, 3.05) is 18.4 Å². The zero-order valence-electron chi connectivity index (χ0n) is 12.6. The standard InChI is InChI=1S/C14H20N6O/c1-4-20(5-2)14(21)12-8-11(6-7-15-12)16-9-13-18-17-10-19(13)3/h6-8,10H,4-5,9H2,1-3H3,(H,15,16). The van der Waals surface area contributed by atoms with Gasteiger partial charge in [0.25, 0.3) is 5.91 Å². The minimum Gasteiger partial charge on any atom is -0.378 e. The fraction of sp³-hybridized carbons (Fsp3) is 0.429. The summed E-state index contributed by atoms with van der Waals surface area (Å²) in [4.78, 5) is 18.2. The third kappa shape index (κ3) is 3.56. The van der Waals surface area contributed by atoms with E-state index >= 15 is 0 Å². The normalized spacial score (nSPS) is 10.4. The summed E-state index contributed by atoms with van der Waals surface area (Å²) >= 11 is 0. The van der Waals surface area contributed by atoms with Crippen LogP contribution in [0.15, 0.2) is 24.7 Å². The lowest BCUT2D eigenvalue weighted by Gasteiger charge is -2.18. The Morgan fingerprint density at radius 2 is 2.14 bits per heavy atom. The molecule has 112 valence electrons. The molecule has 0 bridgehead atoms. The van der Waals surface area contributed by atoms with E-state index in [1.54, 1.807) is 23.5 Å². The molecule has 7 heteroatoms. The van der Waals surface area contributed by atoms with Gasteiger partial charge in [-0.3, -0.25) is 9.78 Å². The molecule has 7 nitrogen and oxygen atoms in total. The second-order valence-electron chi connectivity index (χ2n) is 4.62. The summed E-state index contributed by atoms with van der Waals surface area (Å²) < 4.78 is 1.84. The first-order valence-electron chi connectivity index (χ1n) is 6.97. The maximum Gasteiger partial charge on any atom is 0.272 e. The van der Waals surface area contributed by atoms with E-state index in [0.29, 0.717) is 25.3 Å². The third-order valence-corrected chi connectivity index (χ3v) is 3.29. The Bertz CT molecular complexity index is 605. The number of amides is 1. The molecule has 0 spiro atoms. The van der Waals surface area contributed by atoms with Crippen molar-refractivity contribution in [3.05, 3.63) is 36.2 Å². The average Bonchev–Trinajstić information content (AvgIpc) is 2.92. The van der Waals surface area contributed by atoms with Gasteiger partial charge in [-0.1, -0.05) is 0 Å². The molecule has 1 amide bonds. The lowest BCUT2D eigenvalue weighted by molar-refractivity contribution is 0.0767. The van der Waals surface area contributed by atoms with Gasteiger partial charge < -0.3 is 14.8 Å². The Hall–Kier alpha value is -2.44. The fourth-order valence-corrected chi connectivity index (χ4v) is 1.98. The number of carbonyl (C=O) groups is 1. The minimum absolute atomic E-state index is 0.0534. The maximum absolute atomic E-state index is 12.3. The van der Waals surface area contributed by atoms with Gasteiger partial charge in [0.1, 0.15) is 12.0 Å². The highest BCUT2D eigenvalue weighted by molar-refractivity contribution is 5.93. The van der Waals surface area contributed by atoms with Crippen LogP contribution in [-0.2, 0) is 13.6 Å². The van der Waals surface area contributed by atoms with Crippen LogP contribution in [0.3, 0.4) is 0 Å². The van der Waals surface area contributed by atoms with E-state index in [1.807, 2.05) is 31.5 Å². The van der Waals surface area contributed by atoms with Crippen LogP contribution in [0.2, 0.25) is 0 Å². The van der Waals surface area contributed by atoms with Crippen LogP contribution >= 0.6 is 0 Å². The number of rotatable bonds is 6. The Morgan fingerprint density at radius 3 is 2.76 bits per heavy atom. The molecule has 0 aliphatic carbocycles. The van der Waals surface area contributed by atoms with Gasteiger partial charge in [-0.05, 0) is 26.0 Å². The summed E-state index contributed by atoms with van der Waals surface area (Å²) in [6.07, 6.45) is 3.29. The first-order chi connectivity index (χ1) is 10.2. The number of carbonyl (C=O) groups excluding carboxylic acids is 1. The smallest absolute Gasteiger partial charge is 0.272 e. The van der Waals surface area contributed by atoms with Gasteiger partial charge in [-0.25, -0.2) is 0 Å². The molecule has 2 aromatic heterocycles. The highest BCUT2D eigenvalue weighted by atomic mass is 16.2. The summed E-state index contributed by atoms with van der Waals surface area (Å²) in [6.45, 7) is 5.80. The second kappa shape index (κ2) is 6.83. The van der Waals surface area contributed by atoms with Crippen molar-refractivity contribution in [1.82, 2.24) is 24.6 Å². The van der Waals surface area contributed by atoms with E-state index in [9.17, 15) is 4.79 Å². The number of hydrogen-bond donors (Lipinski definition) is 1. The average molecular weight is 288 g/mol. The van der Waals surface area contributed by atoms with Crippen LogP contribution < -0.4 is 5.32 Å². The fourth-order valence-electron chi connectivity index (χ4n) is 1.98. The lowest BCUT2D eigenvalue weighted by atomic mass is 10.2. The molecular weight excluding hydrogens is 268 g/mol. The molecule has 2 aromatic rings. The topological polar surface area (TPSA) is 75.9 Å². The van der Waals surface area contributed by atoms with Crippen molar-refractivity contribution in [3.8, 4) is 0 Å². The highest BCUT2D eigenvalue weighted by Crippen LogP contribution is 2.11. The number of nitrogens with one attached hydrogen (secondary N) is 1. The molecule has 2 rings (SSSR count). The van der Waals surface area contributed by atoms with E-state index in [-0.39, 0.29) is 5.91 Å². The summed E-state index contributed by atoms with van der Waals surface area (Å²) in [5.74, 6) is 0.769. The monoisotopic (exact) mass is 288 g/mol. The Kier molecular flexibility index (Phi) is 4.86. The number of aryl methyl sites for hydroxylation is 1. The molecule has 0 radical (unpaired) electrons. The van der Waals surface area contributed by atoms with Gasteiger partial charge in [-0.2, -0.15) is 0 Å². The minimum atomic E-state index is -0.0534. The van der Waals surface area contributed by atoms with Crippen molar-refractivity contribution >= 4 is 11.6 Å². The number of hydrogen-bond acceptors (Lipinski definition) is 5. The summed E-state index contributed by atoms with van der Waals surface area (Å²) in [5.41, 5.74) is 1.28. The molecule has 0 saturated carbocycles. The predicted molar refractivity (Wildman–Crippen MR) is 79.8 cm³/mol. The van der Waals surface area contributed by atoms with Crippen LogP contribution in [0.5, 0.6) is 0 Å².